The standard InChI is InChI=1S/C7H11N3O2/c1-6-7(3-4-10(11)12)5-8-9(6)2/h5H,3-4H2,1-2H3. The van der Waals surface area contributed by atoms with E-state index in [9.17, 15) is 10.1 Å². The average Bonchev–Trinajstić information content (AvgIpc) is 2.30. The summed E-state index contributed by atoms with van der Waals surface area (Å²) in [6, 6.07) is 0. The van der Waals surface area contributed by atoms with E-state index in [2.05, 4.69) is 5.10 Å². The Morgan fingerprint density at radius 1 is 1.75 bits per heavy atom. The molecule has 0 fully saturated rings. The first kappa shape index (κ1) is 8.70. The zero-order valence-electron chi connectivity index (χ0n) is 7.15. The molecule has 0 amide bonds. The zero-order valence-corrected chi connectivity index (χ0v) is 7.15. The van der Waals surface area contributed by atoms with Gasteiger partial charge in [0.15, 0.2) is 0 Å². The van der Waals surface area contributed by atoms with Crippen molar-refractivity contribution in [3.05, 3.63) is 27.6 Å². The molecule has 0 aliphatic heterocycles. The number of rotatable bonds is 3. The molecule has 0 bridgehead atoms. The molecular weight excluding hydrogens is 158 g/mol. The van der Waals surface area contributed by atoms with Gasteiger partial charge in [0.05, 0.1) is 6.20 Å². The van der Waals surface area contributed by atoms with Gasteiger partial charge in [0.25, 0.3) is 0 Å². The summed E-state index contributed by atoms with van der Waals surface area (Å²) in [5, 5.41) is 14.1. The van der Waals surface area contributed by atoms with Crippen molar-refractivity contribution in [2.45, 2.75) is 13.3 Å². The van der Waals surface area contributed by atoms with Gasteiger partial charge >= 0.3 is 0 Å². The van der Waals surface area contributed by atoms with Crippen LogP contribution in [0.1, 0.15) is 11.3 Å². The van der Waals surface area contributed by atoms with E-state index in [-0.39, 0.29) is 11.5 Å². The van der Waals surface area contributed by atoms with Crippen molar-refractivity contribution < 1.29 is 4.92 Å². The molecule has 0 spiro atoms. The summed E-state index contributed by atoms with van der Waals surface area (Å²) in [5.41, 5.74) is 1.95. The van der Waals surface area contributed by atoms with Crippen LogP contribution in [0.15, 0.2) is 6.20 Å². The van der Waals surface area contributed by atoms with Gasteiger partial charge in [0.1, 0.15) is 0 Å². The summed E-state index contributed by atoms with van der Waals surface area (Å²) in [7, 11) is 1.82. The third kappa shape index (κ3) is 1.81. The molecule has 0 atom stereocenters. The second-order valence-electron chi connectivity index (χ2n) is 2.69. The minimum atomic E-state index is -0.313. The van der Waals surface area contributed by atoms with Crippen LogP contribution in [0.2, 0.25) is 0 Å². The molecular formula is C7H11N3O2. The maximum absolute atomic E-state index is 10.1. The van der Waals surface area contributed by atoms with Crippen LogP contribution < -0.4 is 0 Å². The highest BCUT2D eigenvalue weighted by Gasteiger charge is 2.06. The van der Waals surface area contributed by atoms with E-state index >= 15 is 0 Å². The molecule has 0 aliphatic rings. The van der Waals surface area contributed by atoms with Gasteiger partial charge in [-0.2, -0.15) is 5.10 Å². The van der Waals surface area contributed by atoms with E-state index in [0.717, 1.165) is 11.3 Å². The summed E-state index contributed by atoms with van der Waals surface area (Å²) in [4.78, 5) is 9.76. The zero-order chi connectivity index (χ0) is 9.14. The second-order valence-corrected chi connectivity index (χ2v) is 2.69. The van der Waals surface area contributed by atoms with Crippen molar-refractivity contribution in [2.75, 3.05) is 6.54 Å². The first-order valence-corrected chi connectivity index (χ1v) is 3.70. The number of hydrogen-bond donors (Lipinski definition) is 0. The molecule has 1 heterocycles. The SMILES string of the molecule is Cc1c(CC[N+](=O)[O-])cnn1C. The van der Waals surface area contributed by atoms with E-state index in [0.29, 0.717) is 6.42 Å². The number of hydrogen-bond acceptors (Lipinski definition) is 3. The number of aryl methyl sites for hydroxylation is 1. The Kier molecular flexibility index (Phi) is 2.42. The summed E-state index contributed by atoms with van der Waals surface area (Å²) in [5.74, 6) is 0. The topological polar surface area (TPSA) is 61.0 Å². The van der Waals surface area contributed by atoms with E-state index in [1.54, 1.807) is 10.9 Å². The lowest BCUT2D eigenvalue weighted by Gasteiger charge is -1.96. The van der Waals surface area contributed by atoms with Gasteiger partial charge in [-0.1, -0.05) is 0 Å². The molecule has 0 saturated heterocycles. The highest BCUT2D eigenvalue weighted by atomic mass is 16.6. The third-order valence-electron chi connectivity index (χ3n) is 1.90. The maximum atomic E-state index is 10.1. The van der Waals surface area contributed by atoms with E-state index in [4.69, 9.17) is 0 Å². The van der Waals surface area contributed by atoms with Gasteiger partial charge in [-0.15, -0.1) is 0 Å². The maximum Gasteiger partial charge on any atom is 0.208 e. The van der Waals surface area contributed by atoms with Crippen LogP contribution in [0.4, 0.5) is 0 Å². The fourth-order valence-electron chi connectivity index (χ4n) is 1.00. The largest absolute Gasteiger partial charge is 0.273 e. The normalized spacial score (nSPS) is 10.2. The molecule has 1 rings (SSSR count). The van der Waals surface area contributed by atoms with Crippen LogP contribution >= 0.6 is 0 Å². The van der Waals surface area contributed by atoms with Crippen molar-refractivity contribution in [1.82, 2.24) is 9.78 Å². The molecule has 0 aliphatic carbocycles. The van der Waals surface area contributed by atoms with Crippen molar-refractivity contribution in [3.63, 3.8) is 0 Å². The molecule has 12 heavy (non-hydrogen) atoms. The lowest BCUT2D eigenvalue weighted by atomic mass is 10.2. The van der Waals surface area contributed by atoms with Crippen molar-refractivity contribution >= 4 is 0 Å². The monoisotopic (exact) mass is 169 g/mol. The summed E-state index contributed by atoms with van der Waals surface area (Å²) < 4.78 is 1.72. The third-order valence-corrected chi connectivity index (χ3v) is 1.90. The molecule has 0 unspecified atom stereocenters. The molecule has 0 radical (unpaired) electrons. The van der Waals surface area contributed by atoms with Crippen LogP contribution in [0, 0.1) is 17.0 Å². The van der Waals surface area contributed by atoms with Gasteiger partial charge in [0.2, 0.25) is 6.54 Å². The predicted octanol–water partition coefficient (Wildman–Crippen LogP) is 0.548. The first-order chi connectivity index (χ1) is 5.61. The Hall–Kier alpha value is -1.39. The Balaban J connectivity index is 2.63. The lowest BCUT2D eigenvalue weighted by Crippen LogP contribution is -2.04. The molecule has 0 saturated carbocycles. The van der Waals surface area contributed by atoms with Gasteiger partial charge in [-0.05, 0) is 12.5 Å². The van der Waals surface area contributed by atoms with Crippen LogP contribution in [0.25, 0.3) is 0 Å². The lowest BCUT2D eigenvalue weighted by molar-refractivity contribution is -0.479. The highest BCUT2D eigenvalue weighted by Crippen LogP contribution is 2.05. The second kappa shape index (κ2) is 3.34. The van der Waals surface area contributed by atoms with E-state index in [1.165, 1.54) is 0 Å². The smallest absolute Gasteiger partial charge is 0.208 e. The molecule has 5 heteroatoms. The van der Waals surface area contributed by atoms with E-state index < -0.39 is 0 Å². The Morgan fingerprint density at radius 3 is 2.83 bits per heavy atom. The van der Waals surface area contributed by atoms with Gasteiger partial charge in [-0.3, -0.25) is 14.8 Å². The van der Waals surface area contributed by atoms with Crippen LogP contribution in [-0.2, 0) is 13.5 Å². The fourth-order valence-corrected chi connectivity index (χ4v) is 1.00. The van der Waals surface area contributed by atoms with Crippen LogP contribution in [0.3, 0.4) is 0 Å². The number of nitrogens with zero attached hydrogens (tertiary/aromatic N) is 3. The summed E-state index contributed by atoms with van der Waals surface area (Å²) in [6.07, 6.45) is 2.14. The average molecular weight is 169 g/mol. The Morgan fingerprint density at radius 2 is 2.42 bits per heavy atom. The van der Waals surface area contributed by atoms with Gasteiger partial charge < -0.3 is 0 Å². The minimum Gasteiger partial charge on any atom is -0.273 e. The van der Waals surface area contributed by atoms with Crippen LogP contribution in [0.5, 0.6) is 0 Å². The number of aromatic nitrogens is 2. The van der Waals surface area contributed by atoms with Crippen molar-refractivity contribution in [1.29, 1.82) is 0 Å². The highest BCUT2D eigenvalue weighted by molar-refractivity contribution is 5.15. The van der Waals surface area contributed by atoms with Crippen LogP contribution in [-0.4, -0.2) is 21.2 Å². The minimum absolute atomic E-state index is 0.0213. The van der Waals surface area contributed by atoms with Crippen molar-refractivity contribution in [2.24, 2.45) is 7.05 Å². The first-order valence-electron chi connectivity index (χ1n) is 3.70. The molecule has 0 aromatic carbocycles. The molecule has 1 aromatic rings. The molecule has 66 valence electrons. The van der Waals surface area contributed by atoms with E-state index in [1.807, 2.05) is 14.0 Å². The molecule has 5 nitrogen and oxygen atoms in total. The fraction of sp³-hybridized carbons (Fsp3) is 0.571. The summed E-state index contributed by atoms with van der Waals surface area (Å²) >= 11 is 0. The summed E-state index contributed by atoms with van der Waals surface area (Å²) in [6.45, 7) is 1.88. The molecule has 1 aromatic heterocycles. The Labute approximate surface area is 70.2 Å². The van der Waals surface area contributed by atoms with Gasteiger partial charge in [-0.25, -0.2) is 0 Å². The predicted molar refractivity (Wildman–Crippen MR) is 43.5 cm³/mol. The Bertz CT molecular complexity index is 293. The van der Waals surface area contributed by atoms with Crippen molar-refractivity contribution in [3.8, 4) is 0 Å². The number of nitro groups is 1. The molecule has 0 N–H and O–H groups in total. The van der Waals surface area contributed by atoms with Gasteiger partial charge in [0, 0.05) is 24.1 Å². The quantitative estimate of drug-likeness (QED) is 0.490.